The van der Waals surface area contributed by atoms with Crippen LogP contribution in [0.1, 0.15) is 23.6 Å². The van der Waals surface area contributed by atoms with Crippen molar-refractivity contribution < 1.29 is 31.2 Å². The maximum absolute atomic E-state index is 13.8. The molecule has 214 valence electrons. The number of carbonyl (C=O) groups is 2. The number of benzene rings is 3. The molecular formula is C27H26Cl2F3N3O4S. The van der Waals surface area contributed by atoms with Crippen LogP contribution in [-0.4, -0.2) is 44.8 Å². The topological polar surface area (TPSA) is 86.8 Å². The highest BCUT2D eigenvalue weighted by molar-refractivity contribution is 7.92. The second-order valence-corrected chi connectivity index (χ2v) is 11.6. The lowest BCUT2D eigenvalue weighted by Crippen LogP contribution is -2.50. The average molecular weight is 616 g/mol. The molecule has 0 aliphatic carbocycles. The quantitative estimate of drug-likeness (QED) is 0.335. The number of aryl methyl sites for hydroxylation is 1. The monoisotopic (exact) mass is 615 g/mol. The molecule has 0 aromatic heterocycles. The summed E-state index contributed by atoms with van der Waals surface area (Å²) in [5.74, 6) is -1.36. The number of hydrogen-bond acceptors (Lipinski definition) is 4. The van der Waals surface area contributed by atoms with Gasteiger partial charge in [0.15, 0.2) is 0 Å². The zero-order chi connectivity index (χ0) is 29.8. The van der Waals surface area contributed by atoms with Crippen molar-refractivity contribution in [3.63, 3.8) is 0 Å². The van der Waals surface area contributed by atoms with Crippen molar-refractivity contribution in [3.8, 4) is 0 Å². The molecule has 7 nitrogen and oxygen atoms in total. The van der Waals surface area contributed by atoms with Gasteiger partial charge < -0.3 is 10.2 Å². The SMILES string of the molecule is CNC(=O)[C@H](C)N(Cc1ccc(Cl)cc1)C(=O)CN(c1ccc(Cl)c(C(F)(F)F)c1)S(=O)(=O)c1ccc(C)cc1. The first-order valence-electron chi connectivity index (χ1n) is 11.9. The van der Waals surface area contributed by atoms with Crippen molar-refractivity contribution in [1.82, 2.24) is 10.2 Å². The van der Waals surface area contributed by atoms with E-state index in [4.69, 9.17) is 23.2 Å². The fourth-order valence-electron chi connectivity index (χ4n) is 3.83. The third-order valence-corrected chi connectivity index (χ3v) is 8.48. The van der Waals surface area contributed by atoms with Gasteiger partial charge in [0.2, 0.25) is 11.8 Å². The zero-order valence-electron chi connectivity index (χ0n) is 21.7. The first-order valence-corrected chi connectivity index (χ1v) is 14.1. The molecule has 0 spiro atoms. The summed E-state index contributed by atoms with van der Waals surface area (Å²) in [6, 6.07) is 13.6. The van der Waals surface area contributed by atoms with E-state index in [1.165, 1.54) is 38.2 Å². The van der Waals surface area contributed by atoms with Crippen molar-refractivity contribution in [2.24, 2.45) is 0 Å². The number of rotatable bonds is 9. The summed E-state index contributed by atoms with van der Waals surface area (Å²) in [5, 5.41) is 2.26. The van der Waals surface area contributed by atoms with E-state index in [2.05, 4.69) is 5.32 Å². The molecule has 0 aliphatic heterocycles. The second kappa shape index (κ2) is 12.5. The number of hydrogen-bond donors (Lipinski definition) is 1. The number of nitrogens with one attached hydrogen (secondary N) is 1. The van der Waals surface area contributed by atoms with Crippen LogP contribution in [0.5, 0.6) is 0 Å². The van der Waals surface area contributed by atoms with Gasteiger partial charge >= 0.3 is 6.18 Å². The van der Waals surface area contributed by atoms with Crippen molar-refractivity contribution in [2.45, 2.75) is 37.5 Å². The lowest BCUT2D eigenvalue weighted by Gasteiger charge is -2.32. The number of carbonyl (C=O) groups excluding carboxylic acids is 2. The zero-order valence-corrected chi connectivity index (χ0v) is 24.0. The molecule has 1 atom stereocenters. The molecule has 0 aliphatic rings. The minimum absolute atomic E-state index is 0.0998. The first-order chi connectivity index (χ1) is 18.6. The fourth-order valence-corrected chi connectivity index (χ4v) is 5.59. The third-order valence-electron chi connectivity index (χ3n) is 6.11. The minimum atomic E-state index is -4.88. The highest BCUT2D eigenvalue weighted by Gasteiger charge is 2.36. The predicted molar refractivity (Wildman–Crippen MR) is 148 cm³/mol. The van der Waals surface area contributed by atoms with Gasteiger partial charge in [0, 0.05) is 18.6 Å². The van der Waals surface area contributed by atoms with Crippen LogP contribution in [0.25, 0.3) is 0 Å². The number of alkyl halides is 3. The fraction of sp³-hybridized carbons (Fsp3) is 0.259. The highest BCUT2D eigenvalue weighted by atomic mass is 35.5. The Morgan fingerprint density at radius 1 is 0.975 bits per heavy atom. The molecule has 1 N–H and O–H groups in total. The molecule has 0 bridgehead atoms. The maximum atomic E-state index is 13.8. The van der Waals surface area contributed by atoms with Crippen LogP contribution in [0.4, 0.5) is 18.9 Å². The van der Waals surface area contributed by atoms with E-state index in [9.17, 15) is 31.2 Å². The van der Waals surface area contributed by atoms with E-state index >= 15 is 0 Å². The average Bonchev–Trinajstić information content (AvgIpc) is 2.90. The van der Waals surface area contributed by atoms with Gasteiger partial charge in [-0.1, -0.05) is 53.0 Å². The molecule has 0 heterocycles. The molecule has 0 fully saturated rings. The van der Waals surface area contributed by atoms with Crippen LogP contribution in [0.15, 0.2) is 71.6 Å². The molecule has 13 heteroatoms. The van der Waals surface area contributed by atoms with Crippen LogP contribution in [0, 0.1) is 6.92 Å². The van der Waals surface area contributed by atoms with E-state index in [0.29, 0.717) is 21.0 Å². The molecule has 0 saturated heterocycles. The predicted octanol–water partition coefficient (Wildman–Crippen LogP) is 5.68. The molecule has 0 unspecified atom stereocenters. The lowest BCUT2D eigenvalue weighted by atomic mass is 10.1. The summed E-state index contributed by atoms with van der Waals surface area (Å²) in [6.07, 6.45) is -4.88. The molecule has 0 radical (unpaired) electrons. The molecule has 3 rings (SSSR count). The summed E-state index contributed by atoms with van der Waals surface area (Å²) in [6.45, 7) is 2.19. The van der Waals surface area contributed by atoms with Crippen LogP contribution in [-0.2, 0) is 32.3 Å². The van der Waals surface area contributed by atoms with Gasteiger partial charge in [-0.2, -0.15) is 13.2 Å². The summed E-state index contributed by atoms with van der Waals surface area (Å²) in [4.78, 5) is 27.1. The molecule has 3 aromatic carbocycles. The number of anilines is 1. The van der Waals surface area contributed by atoms with Crippen molar-refractivity contribution in [2.75, 3.05) is 17.9 Å². The third kappa shape index (κ3) is 7.26. The Labute approximate surface area is 240 Å². The molecule has 2 amide bonds. The Morgan fingerprint density at radius 2 is 1.57 bits per heavy atom. The standard InChI is InChI=1S/C27H26Cl2F3N3O4S/c1-17-4-11-22(12-5-17)40(38,39)35(21-10-13-24(29)23(14-21)27(30,31)32)16-25(36)34(18(2)26(37)33-3)15-19-6-8-20(28)9-7-19/h4-14,18H,15-16H2,1-3H3,(H,33,37)/t18-/m0/s1. The van der Waals surface area contributed by atoms with Gasteiger partial charge in [0.25, 0.3) is 10.0 Å². The number of amides is 2. The second-order valence-electron chi connectivity index (χ2n) is 8.92. The summed E-state index contributed by atoms with van der Waals surface area (Å²) >= 11 is 11.7. The largest absolute Gasteiger partial charge is 0.417 e. The Balaban J connectivity index is 2.12. The first kappa shape index (κ1) is 31.3. The molecule has 40 heavy (non-hydrogen) atoms. The highest BCUT2D eigenvalue weighted by Crippen LogP contribution is 2.38. The molecular weight excluding hydrogens is 590 g/mol. The van der Waals surface area contributed by atoms with Crippen molar-refractivity contribution >= 4 is 50.7 Å². The van der Waals surface area contributed by atoms with E-state index in [1.807, 2.05) is 0 Å². The smallest absolute Gasteiger partial charge is 0.357 e. The van der Waals surface area contributed by atoms with E-state index < -0.39 is 56.9 Å². The van der Waals surface area contributed by atoms with Crippen molar-refractivity contribution in [1.29, 1.82) is 0 Å². The lowest BCUT2D eigenvalue weighted by molar-refractivity contribution is -0.139. The van der Waals surface area contributed by atoms with Crippen LogP contribution in [0.2, 0.25) is 10.0 Å². The van der Waals surface area contributed by atoms with E-state index in [0.717, 1.165) is 22.6 Å². The van der Waals surface area contributed by atoms with Crippen molar-refractivity contribution in [3.05, 3.63) is 93.5 Å². The Morgan fingerprint density at radius 3 is 2.12 bits per heavy atom. The van der Waals surface area contributed by atoms with E-state index in [-0.39, 0.29) is 11.4 Å². The number of sulfonamides is 1. The summed E-state index contributed by atoms with van der Waals surface area (Å²) in [7, 11) is -3.17. The van der Waals surface area contributed by atoms with Gasteiger partial charge in [-0.05, 0) is 61.9 Å². The molecule has 3 aromatic rings. The van der Waals surface area contributed by atoms with Gasteiger partial charge in [0.05, 0.1) is 21.2 Å². The Kier molecular flexibility index (Phi) is 9.76. The number of likely N-dealkylation sites (N-methyl/N-ethyl adjacent to an activating group) is 1. The maximum Gasteiger partial charge on any atom is 0.417 e. The summed E-state index contributed by atoms with van der Waals surface area (Å²) < 4.78 is 69.1. The van der Waals surface area contributed by atoms with Gasteiger partial charge in [-0.3, -0.25) is 13.9 Å². The van der Waals surface area contributed by atoms with Crippen LogP contribution < -0.4 is 9.62 Å². The van der Waals surface area contributed by atoms with Gasteiger partial charge in [0.1, 0.15) is 12.6 Å². The molecule has 0 saturated carbocycles. The summed E-state index contributed by atoms with van der Waals surface area (Å²) in [5.41, 5.74) is -0.349. The number of halogens is 5. The van der Waals surface area contributed by atoms with E-state index in [1.54, 1.807) is 31.2 Å². The number of nitrogens with zero attached hydrogens (tertiary/aromatic N) is 2. The normalized spacial score (nSPS) is 12.5. The van der Waals surface area contributed by atoms with Crippen LogP contribution in [0.3, 0.4) is 0 Å². The minimum Gasteiger partial charge on any atom is -0.357 e. The van der Waals surface area contributed by atoms with Gasteiger partial charge in [-0.15, -0.1) is 0 Å². The van der Waals surface area contributed by atoms with Crippen LogP contribution >= 0.6 is 23.2 Å². The van der Waals surface area contributed by atoms with Gasteiger partial charge in [-0.25, -0.2) is 8.42 Å². The Hall–Kier alpha value is -3.28. The Bertz CT molecular complexity index is 1480.